The van der Waals surface area contributed by atoms with E-state index in [1.165, 1.54) is 6.07 Å². The molecule has 3 heterocycles. The van der Waals surface area contributed by atoms with Crippen LogP contribution in [-0.4, -0.2) is 36.4 Å². The number of nitrogens with two attached hydrogens (primary N) is 1. The van der Waals surface area contributed by atoms with Crippen molar-refractivity contribution in [1.29, 1.82) is 0 Å². The van der Waals surface area contributed by atoms with Gasteiger partial charge in [0.1, 0.15) is 5.69 Å². The van der Waals surface area contributed by atoms with E-state index in [1.54, 1.807) is 24.3 Å². The van der Waals surface area contributed by atoms with Crippen molar-refractivity contribution >= 4 is 28.4 Å². The normalized spacial score (nSPS) is 11.1. The van der Waals surface area contributed by atoms with Gasteiger partial charge in [0.05, 0.1) is 40.9 Å². The molecule has 3 N–H and O–H groups in total. The van der Waals surface area contributed by atoms with Gasteiger partial charge >= 0.3 is 0 Å². The molecule has 3 aromatic heterocycles. The van der Waals surface area contributed by atoms with Crippen molar-refractivity contribution < 1.29 is 9.59 Å². The van der Waals surface area contributed by atoms with E-state index in [9.17, 15) is 9.59 Å². The fourth-order valence-electron chi connectivity index (χ4n) is 3.57. The van der Waals surface area contributed by atoms with Crippen LogP contribution in [0, 0.1) is 20.8 Å². The minimum absolute atomic E-state index is 0.113. The van der Waals surface area contributed by atoms with Crippen molar-refractivity contribution in [2.45, 2.75) is 27.3 Å². The number of pyridine rings is 1. The third-order valence-electron chi connectivity index (χ3n) is 5.49. The lowest BCUT2D eigenvalue weighted by atomic mass is 10.1. The van der Waals surface area contributed by atoms with E-state index in [0.717, 1.165) is 17.0 Å². The van der Waals surface area contributed by atoms with Crippen LogP contribution in [-0.2, 0) is 13.6 Å². The number of nitrogens with one attached hydrogen (secondary N) is 1. The van der Waals surface area contributed by atoms with Crippen LogP contribution in [0.15, 0.2) is 36.5 Å². The van der Waals surface area contributed by atoms with Gasteiger partial charge in [0.15, 0.2) is 0 Å². The van der Waals surface area contributed by atoms with Crippen LogP contribution in [0.5, 0.6) is 0 Å². The molecule has 0 bridgehead atoms. The van der Waals surface area contributed by atoms with Crippen molar-refractivity contribution in [3.05, 3.63) is 70.4 Å². The first-order valence-corrected chi connectivity index (χ1v) is 9.78. The average molecular weight is 417 g/mol. The molecule has 0 spiro atoms. The summed E-state index contributed by atoms with van der Waals surface area (Å²) in [5.41, 5.74) is 10.6. The highest BCUT2D eigenvalue weighted by Gasteiger charge is 2.19. The van der Waals surface area contributed by atoms with Gasteiger partial charge in [0.25, 0.3) is 5.91 Å². The number of hydrogen-bond acceptors (Lipinski definition) is 5. The molecule has 9 heteroatoms. The Kier molecular flexibility index (Phi) is 5.02. The minimum atomic E-state index is -0.611. The average Bonchev–Trinajstić information content (AvgIpc) is 3.20. The van der Waals surface area contributed by atoms with E-state index in [-0.39, 0.29) is 11.3 Å². The molecule has 158 valence electrons. The molecule has 1 aromatic carbocycles. The van der Waals surface area contributed by atoms with E-state index < -0.39 is 11.8 Å². The molecule has 0 aliphatic heterocycles. The molecule has 2 amide bonds. The number of hydrogen-bond donors (Lipinski definition) is 2. The van der Waals surface area contributed by atoms with Gasteiger partial charge in [-0.05, 0) is 32.9 Å². The molecule has 0 atom stereocenters. The maximum atomic E-state index is 13.0. The largest absolute Gasteiger partial charge is 0.366 e. The van der Waals surface area contributed by atoms with Gasteiger partial charge in [-0.15, -0.1) is 0 Å². The van der Waals surface area contributed by atoms with E-state index in [2.05, 4.69) is 20.5 Å². The Labute approximate surface area is 178 Å². The minimum Gasteiger partial charge on any atom is -0.366 e. The predicted molar refractivity (Wildman–Crippen MR) is 117 cm³/mol. The summed E-state index contributed by atoms with van der Waals surface area (Å²) in [6.07, 6.45) is 1.81. The summed E-state index contributed by atoms with van der Waals surface area (Å²) in [6.45, 7) is 6.27. The first kappa shape index (κ1) is 20.3. The number of rotatable bonds is 5. The highest BCUT2D eigenvalue weighted by Crippen LogP contribution is 2.23. The smallest absolute Gasteiger partial charge is 0.274 e. The Morgan fingerprint density at radius 1 is 1.13 bits per heavy atom. The standard InChI is InChI=1S/C22H23N7O2/c1-12-20(14(3)29(27-12)11-15-10-24-28(4)13(15)2)26-22(31)19-9-17(21(23)30)16-7-5-6-8-18(16)25-19/h5-10H,11H2,1-4H3,(H2,23,30)(H,26,31). The molecule has 0 aliphatic carbocycles. The summed E-state index contributed by atoms with van der Waals surface area (Å²) >= 11 is 0. The van der Waals surface area contributed by atoms with E-state index in [4.69, 9.17) is 5.73 Å². The van der Waals surface area contributed by atoms with Gasteiger partial charge in [-0.2, -0.15) is 10.2 Å². The lowest BCUT2D eigenvalue weighted by molar-refractivity contribution is 0.100. The maximum Gasteiger partial charge on any atom is 0.274 e. The summed E-state index contributed by atoms with van der Waals surface area (Å²) in [5, 5.41) is 12.3. The second kappa shape index (κ2) is 7.67. The number of aryl methyl sites for hydroxylation is 2. The van der Waals surface area contributed by atoms with Crippen molar-refractivity contribution in [1.82, 2.24) is 24.5 Å². The van der Waals surface area contributed by atoms with Crippen LogP contribution < -0.4 is 11.1 Å². The zero-order valence-corrected chi connectivity index (χ0v) is 17.8. The van der Waals surface area contributed by atoms with E-state index in [0.29, 0.717) is 28.8 Å². The maximum absolute atomic E-state index is 13.0. The Morgan fingerprint density at radius 3 is 2.55 bits per heavy atom. The number of para-hydroxylation sites is 1. The topological polar surface area (TPSA) is 121 Å². The third kappa shape index (κ3) is 3.65. The van der Waals surface area contributed by atoms with E-state index in [1.807, 2.05) is 43.4 Å². The monoisotopic (exact) mass is 417 g/mol. The van der Waals surface area contributed by atoms with Gasteiger partial charge in [0.2, 0.25) is 5.91 Å². The highest BCUT2D eigenvalue weighted by atomic mass is 16.2. The summed E-state index contributed by atoms with van der Waals surface area (Å²) in [5.74, 6) is -1.05. The summed E-state index contributed by atoms with van der Waals surface area (Å²) < 4.78 is 3.64. The van der Waals surface area contributed by atoms with Crippen LogP contribution in [0.25, 0.3) is 10.9 Å². The molecule has 31 heavy (non-hydrogen) atoms. The SMILES string of the molecule is Cc1nn(Cc2cnn(C)c2C)c(C)c1NC(=O)c1cc(C(N)=O)c2ccccc2n1. The lowest BCUT2D eigenvalue weighted by Gasteiger charge is -2.09. The van der Waals surface area contributed by atoms with Gasteiger partial charge in [0, 0.05) is 23.7 Å². The number of fused-ring (bicyclic) bond motifs is 1. The number of anilines is 1. The first-order chi connectivity index (χ1) is 14.8. The zero-order valence-electron chi connectivity index (χ0n) is 17.8. The number of carbonyl (C=O) groups is 2. The van der Waals surface area contributed by atoms with Crippen LogP contribution in [0.1, 0.15) is 43.5 Å². The molecular weight excluding hydrogens is 394 g/mol. The summed E-state index contributed by atoms with van der Waals surface area (Å²) in [6, 6.07) is 8.50. The lowest BCUT2D eigenvalue weighted by Crippen LogP contribution is -2.18. The molecule has 4 rings (SSSR count). The molecule has 0 fully saturated rings. The highest BCUT2D eigenvalue weighted by molar-refractivity contribution is 6.10. The number of nitrogens with zero attached hydrogens (tertiary/aromatic N) is 5. The first-order valence-electron chi connectivity index (χ1n) is 9.78. The van der Waals surface area contributed by atoms with Gasteiger partial charge in [-0.3, -0.25) is 19.0 Å². The summed E-state index contributed by atoms with van der Waals surface area (Å²) in [7, 11) is 1.89. The number of aromatic nitrogens is 5. The third-order valence-corrected chi connectivity index (χ3v) is 5.49. The molecule has 0 saturated heterocycles. The zero-order chi connectivity index (χ0) is 22.3. The van der Waals surface area contributed by atoms with Crippen LogP contribution in [0.3, 0.4) is 0 Å². The Morgan fingerprint density at radius 2 is 1.87 bits per heavy atom. The van der Waals surface area contributed by atoms with Crippen molar-refractivity contribution in [2.24, 2.45) is 12.8 Å². The number of benzene rings is 1. The van der Waals surface area contributed by atoms with Gasteiger partial charge < -0.3 is 11.1 Å². The molecule has 9 nitrogen and oxygen atoms in total. The molecule has 0 saturated carbocycles. The van der Waals surface area contributed by atoms with Crippen LogP contribution in [0.4, 0.5) is 5.69 Å². The fourth-order valence-corrected chi connectivity index (χ4v) is 3.57. The molecule has 0 aliphatic rings. The Hall–Kier alpha value is -4.01. The molecular formula is C22H23N7O2. The molecule has 4 aromatic rings. The number of carbonyl (C=O) groups excluding carboxylic acids is 2. The Bertz CT molecular complexity index is 1330. The van der Waals surface area contributed by atoms with Crippen molar-refractivity contribution in [2.75, 3.05) is 5.32 Å². The summed E-state index contributed by atoms with van der Waals surface area (Å²) in [4.78, 5) is 29.3. The van der Waals surface area contributed by atoms with E-state index >= 15 is 0 Å². The predicted octanol–water partition coefficient (Wildman–Crippen LogP) is 2.49. The van der Waals surface area contributed by atoms with Crippen LogP contribution >= 0.6 is 0 Å². The fraction of sp³-hybridized carbons (Fsp3) is 0.227. The quantitative estimate of drug-likeness (QED) is 0.517. The van der Waals surface area contributed by atoms with Gasteiger partial charge in [-0.25, -0.2) is 4.98 Å². The van der Waals surface area contributed by atoms with Crippen LogP contribution in [0.2, 0.25) is 0 Å². The number of amides is 2. The molecule has 0 radical (unpaired) electrons. The van der Waals surface area contributed by atoms with Crippen molar-refractivity contribution in [3.63, 3.8) is 0 Å². The second-order valence-corrected chi connectivity index (χ2v) is 7.47. The number of primary amides is 1. The van der Waals surface area contributed by atoms with Crippen molar-refractivity contribution in [3.8, 4) is 0 Å². The Balaban J connectivity index is 1.66. The second-order valence-electron chi connectivity index (χ2n) is 7.47. The molecule has 0 unspecified atom stereocenters. The van der Waals surface area contributed by atoms with Gasteiger partial charge in [-0.1, -0.05) is 18.2 Å².